The lowest BCUT2D eigenvalue weighted by Crippen LogP contribution is -2.47. The molecule has 12 aromatic rings. The first-order valence-electron chi connectivity index (χ1n) is 37.7. The number of ether oxygens (including phenoxy) is 3. The van der Waals surface area contributed by atoms with Gasteiger partial charge in [0.2, 0.25) is 23.7 Å². The number of rotatable bonds is 17. The molecule has 4 amide bonds. The quantitative estimate of drug-likeness (QED) is 0.0377. The van der Waals surface area contributed by atoms with Gasteiger partial charge in [0.15, 0.2) is 0 Å². The van der Waals surface area contributed by atoms with Crippen molar-refractivity contribution in [2.45, 2.75) is 98.0 Å². The number of aliphatic carboxylic acids is 1. The van der Waals surface area contributed by atoms with E-state index in [0.717, 1.165) is 70.9 Å². The molecule has 123 heavy (non-hydrogen) atoms. The summed E-state index contributed by atoms with van der Waals surface area (Å²) < 4.78 is 49.7. The van der Waals surface area contributed by atoms with Crippen LogP contribution in [0.25, 0.3) is 21.1 Å². The van der Waals surface area contributed by atoms with Crippen LogP contribution in [0.2, 0.25) is 20.1 Å². The van der Waals surface area contributed by atoms with Crippen LogP contribution in [0.4, 0.5) is 52.6 Å². The number of piperidine rings is 2. The van der Waals surface area contributed by atoms with Crippen molar-refractivity contribution >= 4 is 139 Å². The average Bonchev–Trinajstić information content (AvgIpc) is 1.74. The molecule has 27 nitrogen and oxygen atoms in total. The Morgan fingerprint density at radius 2 is 0.919 bits per heavy atom. The van der Waals surface area contributed by atoms with Crippen molar-refractivity contribution in [2.24, 2.45) is 0 Å². The van der Waals surface area contributed by atoms with E-state index in [-0.39, 0.29) is 46.9 Å². The Morgan fingerprint density at radius 1 is 0.520 bits per heavy atom. The summed E-state index contributed by atoms with van der Waals surface area (Å²) in [6.07, 6.45) is 1.93. The number of nitrogens with zero attached hydrogens (tertiary/aromatic N) is 7. The fourth-order valence-corrected chi connectivity index (χ4v) is 13.2. The van der Waals surface area contributed by atoms with Crippen molar-refractivity contribution in [3.05, 3.63) is 270 Å². The summed E-state index contributed by atoms with van der Waals surface area (Å²) in [6, 6.07) is 51.8. The Balaban J connectivity index is 0.000000190. The lowest BCUT2D eigenvalue weighted by atomic mass is 10.1. The normalized spacial score (nSPS) is 13.3. The maximum absolute atomic E-state index is 12.9. The second kappa shape index (κ2) is 44.7. The number of phenols is 2. The van der Waals surface area contributed by atoms with E-state index >= 15 is 0 Å². The van der Waals surface area contributed by atoms with Gasteiger partial charge in [0, 0.05) is 60.8 Å². The van der Waals surface area contributed by atoms with Gasteiger partial charge in [-0.05, 0) is 212 Å². The van der Waals surface area contributed by atoms with Gasteiger partial charge in [0.05, 0.1) is 70.8 Å². The number of aryl methyl sites for hydroxylation is 4. The molecule has 2 fully saturated rings. The molecule has 14 rings (SSSR count). The Labute approximate surface area is 733 Å². The van der Waals surface area contributed by atoms with Crippen LogP contribution in [0, 0.1) is 27.7 Å². The van der Waals surface area contributed by atoms with Crippen LogP contribution in [-0.2, 0) is 9.53 Å². The number of hydrogen-bond donors (Lipinski definition) is 11. The number of aromatic nitrogens is 6. The Bertz CT molecular complexity index is 5660. The van der Waals surface area contributed by atoms with Crippen molar-refractivity contribution in [1.29, 1.82) is 0 Å². The van der Waals surface area contributed by atoms with Gasteiger partial charge in [-0.2, -0.15) is 13.2 Å². The summed E-state index contributed by atoms with van der Waals surface area (Å²) in [4.78, 5) is 99.9. The SMILES string of the molecule is Cc1ccc(C(=O)Nc2ccccc2Cl)cc1O.Cc1ccc(C(=O)Nc2ccccc2Cl)cc1Oc1ncsc1-c1ccnc(N[C@H]2CCCN(C(=O)OC(C)(C)C)C2)n1.Cc1ccc(C(=O)Nc2ccccc2Cl)cc1Oc1ncsc1-c1ccnc(N[C@H]2CCCNC2)n1.Cc1ccc(C(=O)O)cc1O.Nc1ccccc1Cl.O=C(O)C(F)(F)F. The zero-order valence-corrected chi connectivity index (χ0v) is 71.7. The van der Waals surface area contributed by atoms with Crippen molar-refractivity contribution in [2.75, 3.05) is 58.5 Å². The first kappa shape index (κ1) is 94.2. The smallest absolute Gasteiger partial charge is 0.490 e. The van der Waals surface area contributed by atoms with Crippen molar-refractivity contribution in [1.82, 2.24) is 40.1 Å². The van der Waals surface area contributed by atoms with Crippen molar-refractivity contribution in [3.8, 4) is 55.9 Å². The summed E-state index contributed by atoms with van der Waals surface area (Å²) in [7, 11) is 0. The molecule has 8 aromatic carbocycles. The molecule has 0 saturated carbocycles. The second-order valence-electron chi connectivity index (χ2n) is 28.2. The highest BCUT2D eigenvalue weighted by molar-refractivity contribution is 7.13. The van der Waals surface area contributed by atoms with Gasteiger partial charge in [-0.3, -0.25) is 14.4 Å². The van der Waals surface area contributed by atoms with Crippen LogP contribution in [-0.4, -0.2) is 141 Å². The summed E-state index contributed by atoms with van der Waals surface area (Å²) in [6.45, 7) is 16.0. The minimum atomic E-state index is -5.08. The number of nitrogens with two attached hydrogens (primary N) is 1. The van der Waals surface area contributed by atoms with Crippen molar-refractivity contribution < 1.29 is 76.6 Å². The van der Waals surface area contributed by atoms with Crippen LogP contribution < -0.4 is 47.1 Å². The Kier molecular flexibility index (Phi) is 34.2. The number of carbonyl (C=O) groups excluding carboxylic acids is 4. The molecule has 12 N–H and O–H groups in total. The van der Waals surface area contributed by atoms with Crippen LogP contribution >= 0.6 is 69.1 Å². The second-order valence-corrected chi connectivity index (χ2v) is 31.5. The predicted molar refractivity (Wildman–Crippen MR) is 473 cm³/mol. The van der Waals surface area contributed by atoms with Gasteiger partial charge in [-0.1, -0.05) is 119 Å². The highest BCUT2D eigenvalue weighted by Gasteiger charge is 2.38. The molecule has 0 aliphatic carbocycles. The molecule has 0 spiro atoms. The number of benzene rings is 8. The van der Waals surface area contributed by atoms with Crippen molar-refractivity contribution in [3.63, 3.8) is 0 Å². The van der Waals surface area contributed by atoms with E-state index in [4.69, 9.17) is 96.4 Å². The first-order valence-corrected chi connectivity index (χ1v) is 41.0. The number of thiazole rings is 2. The molecular weight excluding hydrogens is 1710 g/mol. The lowest BCUT2D eigenvalue weighted by Gasteiger charge is -2.34. The zero-order chi connectivity index (χ0) is 89.1. The number of likely N-dealkylation sites (tertiary alicyclic amines) is 1. The van der Waals surface area contributed by atoms with E-state index in [1.807, 2.05) is 77.1 Å². The number of aromatic hydroxyl groups is 2. The van der Waals surface area contributed by atoms with E-state index in [1.54, 1.807) is 163 Å². The molecule has 2 saturated heterocycles. The van der Waals surface area contributed by atoms with Gasteiger partial charge in [-0.25, -0.2) is 44.3 Å². The number of carboxylic acid groups (broad SMARTS) is 2. The first-order chi connectivity index (χ1) is 58.5. The highest BCUT2D eigenvalue weighted by atomic mass is 35.5. The molecule has 0 bridgehead atoms. The van der Waals surface area contributed by atoms with Crippen LogP contribution in [0.1, 0.15) is 110 Å². The fraction of sp³-hybridized carbons (Fsp3) is 0.218. The van der Waals surface area contributed by atoms with Crippen LogP contribution in [0.15, 0.2) is 205 Å². The maximum atomic E-state index is 12.9. The number of phenolic OH excluding ortho intramolecular Hbond substituents is 2. The molecule has 6 heterocycles. The molecule has 2 atom stereocenters. The predicted octanol–water partition coefficient (Wildman–Crippen LogP) is 20.7. The number of halogens is 7. The largest absolute Gasteiger partial charge is 0.508 e. The van der Waals surface area contributed by atoms with Gasteiger partial charge in [0.1, 0.15) is 38.4 Å². The summed E-state index contributed by atoms with van der Waals surface area (Å²) in [5.41, 5.74) is 16.3. The Morgan fingerprint density at radius 3 is 1.31 bits per heavy atom. The number of nitrogens with one attached hydrogen (secondary N) is 6. The summed E-state index contributed by atoms with van der Waals surface area (Å²) in [5.74, 6) is -1.71. The fourth-order valence-electron chi connectivity index (χ4n) is 11.1. The molecule has 642 valence electrons. The van der Waals surface area contributed by atoms with Gasteiger partial charge < -0.3 is 77.2 Å². The monoisotopic (exact) mass is 1790 g/mol. The third-order valence-electron chi connectivity index (χ3n) is 17.6. The molecule has 0 unspecified atom stereocenters. The minimum absolute atomic E-state index is 0.0176. The summed E-state index contributed by atoms with van der Waals surface area (Å²) >= 11 is 26.7. The number of carboxylic acids is 2. The number of carbonyl (C=O) groups is 6. The standard InChI is InChI=1S/C31H33ClN6O4S.C26H25ClN6O2S.C14H12ClNO2.C8H8O3.C6H6ClN.C2HF3O2/c1-19-11-12-20(27(39)36-23-10-6-5-9-22(23)32)16-25(19)41-28-26(43-18-34-28)24-13-14-33-29(37-24)35-21-8-7-15-38(17-21)30(40)42-31(2,3)4;1-16-8-9-17(24(34)32-20-7-3-2-6-19(20)27)13-22(16)35-25-23(36-15-30-25)21-10-12-29-26(33-21)31-18-5-4-11-28-14-18;1-9-6-7-10(8-13(9)17)14(18)16-12-5-3-2-4-11(12)15;1-5-2-3-6(8(10)11)4-7(5)9;7-5-3-1-2-4-6(5)8;3-2(4,5)1(6)7/h5-6,9-14,16,18,21H,7-8,15,17H2,1-4H3,(H,36,39)(H,33,35,37);2-3,6-10,12-13,15,18,28H,4-5,11,14H2,1H3,(H,32,34)(H,29,31,33);2-8,17H,1H3,(H,16,18);2-4,9H,1H3,(H,10,11);1-4H,8H2;(H,6,7)/t21-;18-;;;;/m00..../s1. The lowest BCUT2D eigenvalue weighted by molar-refractivity contribution is -0.192. The Hall–Kier alpha value is -12.7. The molecule has 36 heteroatoms. The number of amides is 4. The molecular formula is C87H85Cl4F3N14O13S2. The molecule has 2 aliphatic rings. The number of nitrogen functional groups attached to an aromatic ring is 1. The van der Waals surface area contributed by atoms with Gasteiger partial charge in [0.25, 0.3) is 17.7 Å². The number of para-hydroxylation sites is 4. The molecule has 2 aliphatic heterocycles. The average molecular weight is 1800 g/mol. The molecule has 0 radical (unpaired) electrons. The topological polar surface area (TPSA) is 390 Å². The maximum Gasteiger partial charge on any atom is 0.490 e. The minimum Gasteiger partial charge on any atom is -0.508 e. The number of aromatic carboxylic acids is 1. The van der Waals surface area contributed by atoms with E-state index < -0.39 is 23.7 Å². The highest BCUT2D eigenvalue weighted by Crippen LogP contribution is 2.39. The third-order valence-corrected chi connectivity index (χ3v) is 20.6. The van der Waals surface area contributed by atoms with Gasteiger partial charge >= 0.3 is 24.2 Å². The van der Waals surface area contributed by atoms with Gasteiger partial charge in [-0.15, -0.1) is 22.7 Å². The van der Waals surface area contributed by atoms with Crippen LogP contribution in [0.5, 0.6) is 34.8 Å². The van der Waals surface area contributed by atoms with E-state index in [2.05, 4.69) is 51.8 Å². The molecule has 4 aromatic heterocycles. The van der Waals surface area contributed by atoms with Crippen LogP contribution in [0.3, 0.4) is 0 Å². The number of alkyl halides is 3. The third kappa shape index (κ3) is 29.0. The summed E-state index contributed by atoms with van der Waals surface area (Å²) in [5, 5.41) is 54.8. The zero-order valence-electron chi connectivity index (χ0n) is 67.1. The van der Waals surface area contributed by atoms with E-state index in [0.29, 0.717) is 125 Å². The number of hydrogen-bond acceptors (Lipinski definition) is 23. The number of anilines is 6. The van der Waals surface area contributed by atoms with E-state index in [1.165, 1.54) is 40.9 Å². The van der Waals surface area contributed by atoms with E-state index in [9.17, 15) is 42.3 Å².